The molecule has 1 fully saturated rings. The van der Waals surface area contributed by atoms with Crippen molar-refractivity contribution < 1.29 is 14.8 Å². The predicted octanol–water partition coefficient (Wildman–Crippen LogP) is 0.899. The molecule has 0 saturated carbocycles. The first kappa shape index (κ1) is 16.9. The lowest BCUT2D eigenvalue weighted by molar-refractivity contribution is -0.385. The van der Waals surface area contributed by atoms with Crippen molar-refractivity contribution in [3.63, 3.8) is 0 Å². The maximum atomic E-state index is 10.6. The number of ether oxygens (including phenoxy) is 1. The summed E-state index contributed by atoms with van der Waals surface area (Å²) < 4.78 is 7.22. The van der Waals surface area contributed by atoms with Crippen LogP contribution in [0.25, 0.3) is 0 Å². The molecule has 0 bridgehead atoms. The first-order valence-corrected chi connectivity index (χ1v) is 7.63. The van der Waals surface area contributed by atoms with E-state index in [9.17, 15) is 15.2 Å². The summed E-state index contributed by atoms with van der Waals surface area (Å²) in [6, 6.07) is 0. The molecule has 124 valence electrons. The molecule has 8 heteroatoms. The number of hydrogen-bond acceptors (Lipinski definition) is 6. The standard InChI is InChI=1S/C14H24N4O4/c1-11(2)10-22-14-3-4-16(9-14)7-13(19)8-17-6-12(5-15-17)18(20)21/h5-6,11,13-14,19H,3-4,7-10H2,1-2H3. The second kappa shape index (κ2) is 7.66. The minimum Gasteiger partial charge on any atom is -0.390 e. The van der Waals surface area contributed by atoms with Crippen LogP contribution in [0.3, 0.4) is 0 Å². The Kier molecular flexibility index (Phi) is 5.87. The van der Waals surface area contributed by atoms with E-state index in [1.807, 2.05) is 0 Å². The highest BCUT2D eigenvalue weighted by molar-refractivity contribution is 5.20. The van der Waals surface area contributed by atoms with Crippen LogP contribution < -0.4 is 0 Å². The monoisotopic (exact) mass is 312 g/mol. The molecule has 2 heterocycles. The van der Waals surface area contributed by atoms with Gasteiger partial charge in [0.15, 0.2) is 0 Å². The van der Waals surface area contributed by atoms with Gasteiger partial charge in [-0.05, 0) is 12.3 Å². The van der Waals surface area contributed by atoms with Gasteiger partial charge >= 0.3 is 5.69 Å². The minimum absolute atomic E-state index is 0.0597. The number of hydrogen-bond donors (Lipinski definition) is 1. The Hall–Kier alpha value is -1.51. The van der Waals surface area contributed by atoms with Crippen molar-refractivity contribution in [2.75, 3.05) is 26.2 Å². The number of β-amino-alcohol motifs (C(OH)–C–C–N with tert-alkyl or cyclic N) is 1. The van der Waals surface area contributed by atoms with Gasteiger partial charge < -0.3 is 9.84 Å². The zero-order valence-corrected chi connectivity index (χ0v) is 13.1. The highest BCUT2D eigenvalue weighted by Gasteiger charge is 2.25. The third-order valence-electron chi connectivity index (χ3n) is 3.59. The van der Waals surface area contributed by atoms with Crippen molar-refractivity contribution in [2.24, 2.45) is 5.92 Å². The SMILES string of the molecule is CC(C)COC1CCN(CC(O)Cn2cc([N+](=O)[O-])cn2)C1. The Morgan fingerprint density at radius 2 is 2.32 bits per heavy atom. The Morgan fingerprint density at radius 3 is 2.95 bits per heavy atom. The molecule has 0 amide bonds. The van der Waals surface area contributed by atoms with E-state index < -0.39 is 11.0 Å². The van der Waals surface area contributed by atoms with Gasteiger partial charge in [-0.1, -0.05) is 13.8 Å². The van der Waals surface area contributed by atoms with Gasteiger partial charge in [-0.3, -0.25) is 19.7 Å². The first-order valence-electron chi connectivity index (χ1n) is 7.63. The highest BCUT2D eigenvalue weighted by atomic mass is 16.6. The average molecular weight is 312 g/mol. The summed E-state index contributed by atoms with van der Waals surface area (Å²) in [5.41, 5.74) is -0.0597. The van der Waals surface area contributed by atoms with E-state index in [0.29, 0.717) is 12.5 Å². The topological polar surface area (TPSA) is 93.7 Å². The molecule has 22 heavy (non-hydrogen) atoms. The molecule has 1 N–H and O–H groups in total. The molecule has 0 aromatic carbocycles. The average Bonchev–Trinajstić information content (AvgIpc) is 3.05. The third-order valence-corrected chi connectivity index (χ3v) is 3.59. The number of nitrogens with zero attached hydrogens (tertiary/aromatic N) is 4. The van der Waals surface area contributed by atoms with Crippen LogP contribution in [0.15, 0.2) is 12.4 Å². The van der Waals surface area contributed by atoms with Crippen molar-refractivity contribution in [3.8, 4) is 0 Å². The van der Waals surface area contributed by atoms with Crippen molar-refractivity contribution in [2.45, 2.75) is 39.0 Å². The maximum Gasteiger partial charge on any atom is 0.306 e. The molecule has 2 unspecified atom stereocenters. The molecule has 1 aromatic rings. The van der Waals surface area contributed by atoms with Gasteiger partial charge in [-0.2, -0.15) is 5.10 Å². The summed E-state index contributed by atoms with van der Waals surface area (Å²) in [6.07, 6.45) is 3.14. The van der Waals surface area contributed by atoms with E-state index in [1.165, 1.54) is 17.1 Å². The van der Waals surface area contributed by atoms with Crippen LogP contribution >= 0.6 is 0 Å². The van der Waals surface area contributed by atoms with Crippen LogP contribution in [0.1, 0.15) is 20.3 Å². The first-order chi connectivity index (χ1) is 10.4. The van der Waals surface area contributed by atoms with E-state index in [1.54, 1.807) is 0 Å². The fourth-order valence-electron chi connectivity index (χ4n) is 2.55. The molecule has 1 aliphatic rings. The largest absolute Gasteiger partial charge is 0.390 e. The summed E-state index contributed by atoms with van der Waals surface area (Å²) in [6.45, 7) is 7.51. The third kappa shape index (κ3) is 5.04. The Labute approximate surface area is 129 Å². The molecule has 8 nitrogen and oxygen atoms in total. The van der Waals surface area contributed by atoms with Crippen molar-refractivity contribution in [3.05, 3.63) is 22.5 Å². The van der Waals surface area contributed by atoms with E-state index in [4.69, 9.17) is 4.74 Å². The Balaban J connectivity index is 1.73. The van der Waals surface area contributed by atoms with Crippen molar-refractivity contribution >= 4 is 5.69 Å². The quantitative estimate of drug-likeness (QED) is 0.566. The van der Waals surface area contributed by atoms with Crippen LogP contribution in [0, 0.1) is 16.0 Å². The van der Waals surface area contributed by atoms with Crippen molar-refractivity contribution in [1.82, 2.24) is 14.7 Å². The summed E-state index contributed by atoms with van der Waals surface area (Å²) >= 11 is 0. The lowest BCUT2D eigenvalue weighted by Crippen LogP contribution is -2.34. The number of likely N-dealkylation sites (tertiary alicyclic amines) is 1. The zero-order chi connectivity index (χ0) is 16.1. The smallest absolute Gasteiger partial charge is 0.306 e. The maximum absolute atomic E-state index is 10.6. The van der Waals surface area contributed by atoms with Gasteiger partial charge in [0.05, 0.1) is 23.7 Å². The lowest BCUT2D eigenvalue weighted by atomic mass is 10.2. The number of rotatable bonds is 8. The van der Waals surface area contributed by atoms with Gasteiger partial charge in [0.1, 0.15) is 12.4 Å². The zero-order valence-electron chi connectivity index (χ0n) is 13.1. The fraction of sp³-hybridized carbons (Fsp3) is 0.786. The minimum atomic E-state index is -0.608. The number of aromatic nitrogens is 2. The van der Waals surface area contributed by atoms with Crippen LogP contribution in [0.5, 0.6) is 0 Å². The second-order valence-electron chi connectivity index (χ2n) is 6.23. The second-order valence-corrected chi connectivity index (χ2v) is 6.23. The molecular formula is C14H24N4O4. The van der Waals surface area contributed by atoms with Gasteiger partial charge in [0, 0.05) is 26.2 Å². The van der Waals surface area contributed by atoms with Gasteiger partial charge in [-0.25, -0.2) is 0 Å². The number of aliphatic hydroxyl groups excluding tert-OH is 1. The van der Waals surface area contributed by atoms with Crippen LogP contribution in [-0.2, 0) is 11.3 Å². The summed E-state index contributed by atoms with van der Waals surface area (Å²) in [5.74, 6) is 0.523. The van der Waals surface area contributed by atoms with Gasteiger partial charge in [0.25, 0.3) is 0 Å². The van der Waals surface area contributed by atoms with Crippen LogP contribution in [0.4, 0.5) is 5.69 Å². The molecule has 0 aliphatic carbocycles. The molecule has 1 aliphatic heterocycles. The fourth-order valence-corrected chi connectivity index (χ4v) is 2.55. The van der Waals surface area contributed by atoms with E-state index in [0.717, 1.165) is 26.1 Å². The van der Waals surface area contributed by atoms with E-state index in [2.05, 4.69) is 23.8 Å². The molecule has 1 saturated heterocycles. The number of aliphatic hydroxyl groups is 1. The Morgan fingerprint density at radius 1 is 1.55 bits per heavy atom. The molecule has 1 aromatic heterocycles. The molecule has 0 spiro atoms. The lowest BCUT2D eigenvalue weighted by Gasteiger charge is -2.20. The Bertz CT molecular complexity index is 491. The molecule has 2 atom stereocenters. The van der Waals surface area contributed by atoms with Crippen molar-refractivity contribution in [1.29, 1.82) is 0 Å². The molecule has 0 radical (unpaired) electrons. The normalized spacial score (nSPS) is 20.6. The van der Waals surface area contributed by atoms with Gasteiger partial charge in [-0.15, -0.1) is 0 Å². The molecular weight excluding hydrogens is 288 g/mol. The van der Waals surface area contributed by atoms with Gasteiger partial charge in [0.2, 0.25) is 0 Å². The summed E-state index contributed by atoms with van der Waals surface area (Å²) in [4.78, 5) is 12.3. The summed E-state index contributed by atoms with van der Waals surface area (Å²) in [7, 11) is 0. The van der Waals surface area contributed by atoms with E-state index in [-0.39, 0.29) is 18.3 Å². The van der Waals surface area contributed by atoms with Crippen LogP contribution in [-0.4, -0.2) is 63.2 Å². The number of nitro groups is 1. The highest BCUT2D eigenvalue weighted by Crippen LogP contribution is 2.15. The van der Waals surface area contributed by atoms with E-state index >= 15 is 0 Å². The molecule has 2 rings (SSSR count). The predicted molar refractivity (Wildman–Crippen MR) is 80.5 cm³/mol. The van der Waals surface area contributed by atoms with Crippen LogP contribution in [0.2, 0.25) is 0 Å². The summed E-state index contributed by atoms with van der Waals surface area (Å²) in [5, 5.41) is 24.6.